The molecule has 7 heteroatoms. The van der Waals surface area contributed by atoms with Gasteiger partial charge in [-0.25, -0.2) is 0 Å². The molecule has 0 radical (unpaired) electrons. The van der Waals surface area contributed by atoms with E-state index < -0.39 is 17.9 Å². The van der Waals surface area contributed by atoms with E-state index in [-0.39, 0.29) is 48.3 Å². The van der Waals surface area contributed by atoms with E-state index in [0.29, 0.717) is 6.42 Å². The molecule has 0 spiro atoms. The maximum absolute atomic E-state index is 11.7. The van der Waals surface area contributed by atoms with Gasteiger partial charge in [-0.15, -0.1) is 0 Å². The fourth-order valence-electron chi connectivity index (χ4n) is 2.40. The number of primary amides is 1. The normalized spacial score (nSPS) is 11.4. The van der Waals surface area contributed by atoms with Gasteiger partial charge in [-0.2, -0.15) is 0 Å². The molecule has 2 amide bonds. The Bertz CT molecular complexity index is 364. The van der Waals surface area contributed by atoms with E-state index in [1.165, 1.54) is 38.5 Å². The summed E-state index contributed by atoms with van der Waals surface area (Å²) in [7, 11) is 0. The Morgan fingerprint density at radius 1 is 0.917 bits per heavy atom. The average Bonchev–Trinajstić information content (AvgIpc) is 2.49. The number of carboxylic acids is 1. The third kappa shape index (κ3) is 16.3. The quantitative estimate of drug-likeness (QED) is 0.274. The van der Waals surface area contributed by atoms with E-state index >= 15 is 0 Å². The number of carboxylic acid groups (broad SMARTS) is 1. The van der Waals surface area contributed by atoms with E-state index in [0.717, 1.165) is 19.3 Å². The smallest absolute Gasteiger partial charge is 0.548 e. The van der Waals surface area contributed by atoms with Crippen LogP contribution in [0, 0.1) is 0 Å². The molecule has 0 aromatic heterocycles. The van der Waals surface area contributed by atoms with E-state index in [1.807, 2.05) is 0 Å². The zero-order valence-corrected chi connectivity index (χ0v) is 17.3. The van der Waals surface area contributed by atoms with Crippen molar-refractivity contribution in [3.05, 3.63) is 0 Å². The maximum Gasteiger partial charge on any atom is 1.00 e. The molecule has 1 atom stereocenters. The van der Waals surface area contributed by atoms with Crippen LogP contribution in [0.4, 0.5) is 0 Å². The van der Waals surface area contributed by atoms with Gasteiger partial charge in [-0.05, 0) is 12.8 Å². The second kappa shape index (κ2) is 17.2. The summed E-state index contributed by atoms with van der Waals surface area (Å²) in [4.78, 5) is 33.2. The van der Waals surface area contributed by atoms with Gasteiger partial charge >= 0.3 is 29.6 Å². The fraction of sp³-hybridized carbons (Fsp3) is 0.824. The standard InChI is InChI=1S/C17H32N2O4.Na/c1-2-3-4-5-6-7-8-9-10-11-16(21)19-14(17(22)23)12-13-15(18)20;/h14H,2-13H2,1H3,(H2,18,20)(H,19,21)(H,22,23);/q;+1/p-1/t14-;/m0./s1. The molecular weight excluding hydrogens is 319 g/mol. The first-order chi connectivity index (χ1) is 11.0. The molecular formula is C17H31N2NaO4. The topological polar surface area (TPSA) is 112 Å². The summed E-state index contributed by atoms with van der Waals surface area (Å²) in [5.74, 6) is -2.29. The van der Waals surface area contributed by atoms with Crippen LogP contribution in [-0.4, -0.2) is 23.8 Å². The molecule has 0 fully saturated rings. The van der Waals surface area contributed by atoms with E-state index in [1.54, 1.807) is 0 Å². The molecule has 0 aromatic carbocycles. The number of hydrogen-bond donors (Lipinski definition) is 2. The van der Waals surface area contributed by atoms with Gasteiger partial charge in [0.15, 0.2) is 0 Å². The van der Waals surface area contributed by atoms with Crippen LogP contribution >= 0.6 is 0 Å². The summed E-state index contributed by atoms with van der Waals surface area (Å²) in [6.45, 7) is 2.20. The molecule has 0 aliphatic rings. The zero-order chi connectivity index (χ0) is 17.5. The van der Waals surface area contributed by atoms with E-state index in [4.69, 9.17) is 5.73 Å². The minimum absolute atomic E-state index is 0. The van der Waals surface area contributed by atoms with Crippen molar-refractivity contribution < 1.29 is 49.0 Å². The zero-order valence-electron chi connectivity index (χ0n) is 15.3. The third-order valence-corrected chi connectivity index (χ3v) is 3.81. The molecule has 24 heavy (non-hydrogen) atoms. The summed E-state index contributed by atoms with van der Waals surface area (Å²) >= 11 is 0. The Kier molecular flexibility index (Phi) is 18.4. The Labute approximate surface area is 167 Å². The van der Waals surface area contributed by atoms with Crippen molar-refractivity contribution in [3.63, 3.8) is 0 Å². The summed E-state index contributed by atoms with van der Waals surface area (Å²) in [6, 6.07) is -1.14. The van der Waals surface area contributed by atoms with Crippen LogP contribution in [0.25, 0.3) is 0 Å². The van der Waals surface area contributed by atoms with Crippen LogP contribution in [0.3, 0.4) is 0 Å². The largest absolute Gasteiger partial charge is 1.00 e. The first-order valence-corrected chi connectivity index (χ1v) is 8.75. The predicted octanol–water partition coefficient (Wildman–Crippen LogP) is -1.59. The molecule has 0 rings (SSSR count). The monoisotopic (exact) mass is 350 g/mol. The van der Waals surface area contributed by atoms with Crippen LogP contribution in [0.5, 0.6) is 0 Å². The van der Waals surface area contributed by atoms with E-state index in [9.17, 15) is 19.5 Å². The summed E-state index contributed by atoms with van der Waals surface area (Å²) in [5, 5.41) is 13.3. The second-order valence-corrected chi connectivity index (χ2v) is 6.02. The number of unbranched alkanes of at least 4 members (excludes halogenated alkanes) is 8. The van der Waals surface area contributed by atoms with Crippen molar-refractivity contribution in [2.75, 3.05) is 0 Å². The first-order valence-electron chi connectivity index (χ1n) is 8.75. The minimum Gasteiger partial charge on any atom is -0.548 e. The van der Waals surface area contributed by atoms with Gasteiger partial charge in [0.25, 0.3) is 0 Å². The van der Waals surface area contributed by atoms with Crippen molar-refractivity contribution in [2.45, 2.75) is 90.0 Å². The Morgan fingerprint density at radius 2 is 1.42 bits per heavy atom. The Morgan fingerprint density at radius 3 is 1.88 bits per heavy atom. The molecule has 0 unspecified atom stereocenters. The van der Waals surface area contributed by atoms with Gasteiger partial charge in [0, 0.05) is 12.8 Å². The molecule has 0 aliphatic carbocycles. The number of nitrogens with two attached hydrogens (primary N) is 1. The van der Waals surface area contributed by atoms with Crippen LogP contribution in [-0.2, 0) is 14.4 Å². The summed E-state index contributed by atoms with van der Waals surface area (Å²) in [6.07, 6.45) is 10.6. The molecule has 0 bridgehead atoms. The number of amides is 2. The van der Waals surface area contributed by atoms with Gasteiger partial charge in [-0.3, -0.25) is 9.59 Å². The first kappa shape index (κ1) is 25.6. The number of nitrogens with one attached hydrogen (secondary N) is 1. The van der Waals surface area contributed by atoms with Crippen molar-refractivity contribution >= 4 is 17.8 Å². The number of carbonyl (C=O) groups is 3. The van der Waals surface area contributed by atoms with Gasteiger partial charge in [-0.1, -0.05) is 58.3 Å². The van der Waals surface area contributed by atoms with E-state index in [2.05, 4.69) is 12.2 Å². The summed E-state index contributed by atoms with van der Waals surface area (Å²) < 4.78 is 0. The second-order valence-electron chi connectivity index (χ2n) is 6.02. The van der Waals surface area contributed by atoms with Crippen molar-refractivity contribution in [3.8, 4) is 0 Å². The van der Waals surface area contributed by atoms with Crippen molar-refractivity contribution in [2.24, 2.45) is 5.73 Å². The van der Waals surface area contributed by atoms with Gasteiger partial charge in [0.2, 0.25) is 11.8 Å². The Balaban J connectivity index is 0. The van der Waals surface area contributed by atoms with Crippen LogP contribution < -0.4 is 45.7 Å². The van der Waals surface area contributed by atoms with Gasteiger partial charge in [0.05, 0.1) is 12.0 Å². The number of aliphatic carboxylic acids is 1. The molecule has 0 saturated heterocycles. The SMILES string of the molecule is CCCCCCCCCCCC(=O)N[C@@H](CCC(N)=O)C(=O)[O-].[Na+]. The number of hydrogen-bond acceptors (Lipinski definition) is 4. The fourth-order valence-corrected chi connectivity index (χ4v) is 2.40. The molecule has 6 nitrogen and oxygen atoms in total. The van der Waals surface area contributed by atoms with Gasteiger partial charge in [0.1, 0.15) is 0 Å². The Hall–Kier alpha value is -0.590. The molecule has 3 N–H and O–H groups in total. The number of rotatable bonds is 15. The summed E-state index contributed by atoms with van der Waals surface area (Å²) in [5.41, 5.74) is 4.97. The van der Waals surface area contributed by atoms with Crippen LogP contribution in [0.15, 0.2) is 0 Å². The van der Waals surface area contributed by atoms with Crippen molar-refractivity contribution in [1.82, 2.24) is 5.32 Å². The molecule has 0 heterocycles. The molecule has 0 saturated carbocycles. The van der Waals surface area contributed by atoms with Crippen LogP contribution in [0.2, 0.25) is 0 Å². The average molecular weight is 350 g/mol. The molecule has 134 valence electrons. The minimum atomic E-state index is -1.38. The maximum atomic E-state index is 11.7. The van der Waals surface area contributed by atoms with Gasteiger partial charge < -0.3 is 21.0 Å². The number of carbonyl (C=O) groups excluding carboxylic acids is 3. The van der Waals surface area contributed by atoms with Crippen LogP contribution in [0.1, 0.15) is 84.0 Å². The predicted molar refractivity (Wildman–Crippen MR) is 87.2 cm³/mol. The molecule has 0 aromatic rings. The molecule has 0 aliphatic heterocycles. The third-order valence-electron chi connectivity index (χ3n) is 3.81. The van der Waals surface area contributed by atoms with Crippen molar-refractivity contribution in [1.29, 1.82) is 0 Å².